The molecule has 0 saturated heterocycles. The third kappa shape index (κ3) is 2.38. The highest BCUT2D eigenvalue weighted by Crippen LogP contribution is 2.38. The van der Waals surface area contributed by atoms with Crippen LogP contribution in [0.25, 0.3) is 38.4 Å². The van der Waals surface area contributed by atoms with Crippen molar-refractivity contribution in [3.8, 4) is 11.1 Å². The molecule has 0 aliphatic rings. The molecule has 5 aromatic rings. The summed E-state index contributed by atoms with van der Waals surface area (Å²) in [5.74, 6) is -0.315. The number of ether oxygens (including phenoxy) is 1. The minimum atomic E-state index is -0.315. The number of hydrogen-bond donors (Lipinski definition) is 0. The van der Waals surface area contributed by atoms with Gasteiger partial charge in [-0.25, -0.2) is 9.31 Å². The number of esters is 1. The monoisotopic (exact) mass is 366 g/mol. The fraction of sp³-hybridized carbons (Fsp3) is 0.0833. The zero-order valence-corrected chi connectivity index (χ0v) is 15.4. The lowest BCUT2D eigenvalue weighted by Gasteiger charge is -2.15. The summed E-state index contributed by atoms with van der Waals surface area (Å²) >= 11 is 0. The maximum Gasteiger partial charge on any atom is 0.339 e. The topological polar surface area (TPSA) is 43.6 Å². The molecular weight excluding hydrogens is 348 g/mol. The Labute approximate surface area is 162 Å². The Morgan fingerprint density at radius 2 is 1.57 bits per heavy atom. The van der Waals surface area contributed by atoms with Crippen molar-refractivity contribution in [2.45, 2.75) is 6.92 Å². The maximum atomic E-state index is 13.1. The first-order chi connectivity index (χ1) is 13.8. The average Bonchev–Trinajstić information content (AvgIpc) is 3.13. The Kier molecular flexibility index (Phi) is 3.83. The van der Waals surface area contributed by atoms with Crippen LogP contribution in [-0.2, 0) is 4.74 Å². The van der Waals surface area contributed by atoms with E-state index in [4.69, 9.17) is 9.84 Å². The van der Waals surface area contributed by atoms with Crippen molar-refractivity contribution in [3.05, 3.63) is 84.4 Å². The molecule has 2 heterocycles. The summed E-state index contributed by atoms with van der Waals surface area (Å²) in [5.41, 5.74) is 5.10. The van der Waals surface area contributed by atoms with Gasteiger partial charge in [-0.1, -0.05) is 66.7 Å². The fourth-order valence-corrected chi connectivity index (χ4v) is 3.87. The lowest BCUT2D eigenvalue weighted by Crippen LogP contribution is -2.10. The van der Waals surface area contributed by atoms with E-state index in [0.29, 0.717) is 12.2 Å². The summed E-state index contributed by atoms with van der Waals surface area (Å²) < 4.78 is 7.42. The summed E-state index contributed by atoms with van der Waals surface area (Å²) in [7, 11) is 0. The standard InChI is InChI=1S/C24H18N2O2/c1-2-28-24(27)22-18-13-7-9-15-20(18)26-23(17-12-6-8-14-19(17)25-26)21(22)16-10-4-3-5-11-16/h3-15H,2H2,1H3. The second-order valence-corrected chi connectivity index (χ2v) is 6.63. The molecule has 0 saturated carbocycles. The van der Waals surface area contributed by atoms with E-state index in [2.05, 4.69) is 0 Å². The molecule has 3 aromatic carbocycles. The molecule has 0 aliphatic heterocycles. The summed E-state index contributed by atoms with van der Waals surface area (Å²) in [6.45, 7) is 2.15. The van der Waals surface area contributed by atoms with Gasteiger partial charge in [-0.05, 0) is 24.6 Å². The van der Waals surface area contributed by atoms with Crippen molar-refractivity contribution in [3.63, 3.8) is 0 Å². The maximum absolute atomic E-state index is 13.1. The van der Waals surface area contributed by atoms with Crippen LogP contribution in [0, 0.1) is 0 Å². The Bertz CT molecular complexity index is 1340. The molecule has 0 N–H and O–H groups in total. The van der Waals surface area contributed by atoms with Gasteiger partial charge in [0.2, 0.25) is 0 Å². The van der Waals surface area contributed by atoms with Crippen LogP contribution in [0.1, 0.15) is 17.3 Å². The number of rotatable bonds is 3. The number of benzene rings is 3. The van der Waals surface area contributed by atoms with Gasteiger partial charge in [0.05, 0.1) is 28.7 Å². The van der Waals surface area contributed by atoms with Gasteiger partial charge in [-0.2, -0.15) is 5.10 Å². The number of pyridine rings is 1. The van der Waals surface area contributed by atoms with Gasteiger partial charge in [0.1, 0.15) is 0 Å². The normalized spacial score (nSPS) is 11.3. The summed E-state index contributed by atoms with van der Waals surface area (Å²) in [4.78, 5) is 13.1. The SMILES string of the molecule is CCOC(=O)c1c(-c2ccccc2)c2c3ccccc3nn2c2ccccc12. The van der Waals surface area contributed by atoms with Crippen LogP contribution >= 0.6 is 0 Å². The molecule has 28 heavy (non-hydrogen) atoms. The van der Waals surface area contributed by atoms with Crippen molar-refractivity contribution in [1.29, 1.82) is 0 Å². The molecule has 0 spiro atoms. The van der Waals surface area contributed by atoms with Gasteiger partial charge in [0.25, 0.3) is 0 Å². The first-order valence-corrected chi connectivity index (χ1v) is 9.34. The van der Waals surface area contributed by atoms with Gasteiger partial charge in [-0.3, -0.25) is 0 Å². The molecule has 0 atom stereocenters. The first kappa shape index (κ1) is 16.5. The molecule has 0 unspecified atom stereocenters. The van der Waals surface area contributed by atoms with Crippen LogP contribution in [-0.4, -0.2) is 22.2 Å². The van der Waals surface area contributed by atoms with Crippen LogP contribution < -0.4 is 0 Å². The van der Waals surface area contributed by atoms with Gasteiger partial charge in [0, 0.05) is 16.3 Å². The largest absolute Gasteiger partial charge is 0.462 e. The van der Waals surface area contributed by atoms with E-state index in [1.807, 2.05) is 90.3 Å². The zero-order chi connectivity index (χ0) is 19.1. The van der Waals surface area contributed by atoms with E-state index in [1.165, 1.54) is 0 Å². The summed E-state index contributed by atoms with van der Waals surface area (Å²) in [6, 6.07) is 25.9. The Hall–Kier alpha value is -3.66. The van der Waals surface area contributed by atoms with Crippen LogP contribution in [0.2, 0.25) is 0 Å². The minimum absolute atomic E-state index is 0.315. The molecule has 0 bridgehead atoms. The Morgan fingerprint density at radius 1 is 0.893 bits per heavy atom. The molecule has 0 amide bonds. The molecule has 4 nitrogen and oxygen atoms in total. The fourth-order valence-electron chi connectivity index (χ4n) is 3.87. The lowest BCUT2D eigenvalue weighted by atomic mass is 9.94. The van der Waals surface area contributed by atoms with Crippen LogP contribution in [0.15, 0.2) is 78.9 Å². The third-order valence-electron chi connectivity index (χ3n) is 5.01. The highest BCUT2D eigenvalue weighted by atomic mass is 16.5. The summed E-state index contributed by atoms with van der Waals surface area (Å²) in [5, 5.41) is 6.69. The quantitative estimate of drug-likeness (QED) is 0.397. The molecule has 4 heteroatoms. The van der Waals surface area contributed by atoms with Crippen molar-refractivity contribution in [2.75, 3.05) is 6.61 Å². The molecule has 136 valence electrons. The second kappa shape index (κ2) is 6.50. The minimum Gasteiger partial charge on any atom is -0.462 e. The van der Waals surface area contributed by atoms with Crippen LogP contribution in [0.5, 0.6) is 0 Å². The first-order valence-electron chi connectivity index (χ1n) is 9.34. The number of carbonyl (C=O) groups is 1. The molecule has 2 aromatic heterocycles. The Balaban J connectivity index is 2.07. The van der Waals surface area contributed by atoms with Gasteiger partial charge >= 0.3 is 5.97 Å². The number of hydrogen-bond acceptors (Lipinski definition) is 3. The van der Waals surface area contributed by atoms with E-state index >= 15 is 0 Å². The average molecular weight is 366 g/mol. The molecule has 0 fully saturated rings. The molecule has 5 rings (SSSR count). The number of nitrogens with zero attached hydrogens (tertiary/aromatic N) is 2. The van der Waals surface area contributed by atoms with E-state index in [0.717, 1.165) is 38.4 Å². The highest BCUT2D eigenvalue weighted by Gasteiger charge is 2.24. The molecular formula is C24H18N2O2. The van der Waals surface area contributed by atoms with Gasteiger partial charge in [0.15, 0.2) is 0 Å². The molecule has 0 aliphatic carbocycles. The number of fused-ring (bicyclic) bond motifs is 5. The van der Waals surface area contributed by atoms with Crippen LogP contribution in [0.4, 0.5) is 0 Å². The van der Waals surface area contributed by atoms with E-state index in [9.17, 15) is 4.79 Å². The lowest BCUT2D eigenvalue weighted by molar-refractivity contribution is 0.0529. The van der Waals surface area contributed by atoms with Gasteiger partial charge < -0.3 is 4.74 Å². The van der Waals surface area contributed by atoms with Crippen molar-refractivity contribution in [2.24, 2.45) is 0 Å². The van der Waals surface area contributed by atoms with E-state index < -0.39 is 0 Å². The van der Waals surface area contributed by atoms with E-state index in [1.54, 1.807) is 0 Å². The zero-order valence-electron chi connectivity index (χ0n) is 15.4. The predicted octanol–water partition coefficient (Wildman–Crippen LogP) is 5.48. The third-order valence-corrected chi connectivity index (χ3v) is 5.01. The van der Waals surface area contributed by atoms with Crippen molar-refractivity contribution >= 4 is 33.3 Å². The second-order valence-electron chi connectivity index (χ2n) is 6.63. The van der Waals surface area contributed by atoms with Gasteiger partial charge in [-0.15, -0.1) is 0 Å². The van der Waals surface area contributed by atoms with Crippen LogP contribution in [0.3, 0.4) is 0 Å². The Morgan fingerprint density at radius 3 is 2.36 bits per heavy atom. The van der Waals surface area contributed by atoms with Crippen molar-refractivity contribution in [1.82, 2.24) is 9.61 Å². The highest BCUT2D eigenvalue weighted by molar-refractivity contribution is 6.17. The number of carbonyl (C=O) groups excluding carboxylic acids is 1. The van der Waals surface area contributed by atoms with Crippen molar-refractivity contribution < 1.29 is 9.53 Å². The van der Waals surface area contributed by atoms with E-state index in [-0.39, 0.29) is 5.97 Å². The predicted molar refractivity (Wildman–Crippen MR) is 112 cm³/mol. The number of para-hydroxylation sites is 1. The summed E-state index contributed by atoms with van der Waals surface area (Å²) in [6.07, 6.45) is 0. The smallest absolute Gasteiger partial charge is 0.339 e. The molecule has 0 radical (unpaired) electrons. The number of aromatic nitrogens is 2.